The summed E-state index contributed by atoms with van der Waals surface area (Å²) in [5.41, 5.74) is 5.97. The highest BCUT2D eigenvalue weighted by Gasteiger charge is 2.25. The van der Waals surface area contributed by atoms with Crippen LogP contribution in [-0.4, -0.2) is 34.8 Å². The number of hydrogen-bond donors (Lipinski definition) is 1. The third-order valence-electron chi connectivity index (χ3n) is 5.24. The van der Waals surface area contributed by atoms with Gasteiger partial charge in [-0.1, -0.05) is 0 Å². The summed E-state index contributed by atoms with van der Waals surface area (Å²) in [5, 5.41) is 19.1. The monoisotopic (exact) mass is 361 g/mol. The van der Waals surface area contributed by atoms with Crippen LogP contribution in [0.2, 0.25) is 0 Å². The van der Waals surface area contributed by atoms with E-state index in [2.05, 4.69) is 26.2 Å². The van der Waals surface area contributed by atoms with E-state index in [4.69, 9.17) is 4.74 Å². The fourth-order valence-electron chi connectivity index (χ4n) is 3.59. The molecule has 0 atom stereocenters. The highest BCUT2D eigenvalue weighted by atomic mass is 16.5. The molecule has 0 radical (unpaired) electrons. The van der Waals surface area contributed by atoms with E-state index in [1.165, 1.54) is 7.11 Å². The van der Waals surface area contributed by atoms with Crippen LogP contribution in [0.3, 0.4) is 0 Å². The maximum absolute atomic E-state index is 11.9. The minimum absolute atomic E-state index is 0.355. The lowest BCUT2D eigenvalue weighted by atomic mass is 10.0. The van der Waals surface area contributed by atoms with Gasteiger partial charge in [-0.2, -0.15) is 10.4 Å². The van der Waals surface area contributed by atoms with Crippen molar-refractivity contribution in [3.63, 3.8) is 0 Å². The number of aryl methyl sites for hydroxylation is 1. The molecule has 1 aromatic carbocycles. The van der Waals surface area contributed by atoms with Crippen molar-refractivity contribution in [3.8, 4) is 6.07 Å². The van der Waals surface area contributed by atoms with Crippen LogP contribution >= 0.6 is 0 Å². The predicted molar refractivity (Wildman–Crippen MR) is 101 cm³/mol. The number of aromatic nitrogens is 3. The fourth-order valence-corrected chi connectivity index (χ4v) is 3.59. The molecule has 3 aromatic rings. The molecule has 0 aliphatic carbocycles. The second kappa shape index (κ2) is 6.40. The standard InChI is InChI=1S/C20H19N5O2/c1-11-12(2)23-24-19(15(11)9-21)25-7-6-18-16(10-25)14-8-13(20(26)27-3)4-5-17(14)22-18/h4-5,8,22H,6-7,10H2,1-3H3. The number of benzene rings is 1. The molecule has 0 unspecified atom stereocenters. The number of nitriles is 1. The van der Waals surface area contributed by atoms with Gasteiger partial charge in [-0.3, -0.25) is 0 Å². The number of carbonyl (C=O) groups excluding carboxylic acids is 1. The Morgan fingerprint density at radius 3 is 2.89 bits per heavy atom. The molecule has 2 aromatic heterocycles. The molecule has 0 amide bonds. The molecule has 1 aliphatic heterocycles. The van der Waals surface area contributed by atoms with Crippen LogP contribution in [0.15, 0.2) is 18.2 Å². The SMILES string of the molecule is COC(=O)c1ccc2[nH]c3c(c2c1)CN(c1nnc(C)c(C)c1C#N)CC3. The summed E-state index contributed by atoms with van der Waals surface area (Å²) in [6.07, 6.45) is 0.803. The topological polar surface area (TPSA) is 94.9 Å². The number of aromatic amines is 1. The molecule has 1 aliphatic rings. The third-order valence-corrected chi connectivity index (χ3v) is 5.24. The molecule has 1 N–H and O–H groups in total. The molecular formula is C20H19N5O2. The highest BCUT2D eigenvalue weighted by molar-refractivity contribution is 5.96. The minimum atomic E-state index is -0.355. The van der Waals surface area contributed by atoms with E-state index in [-0.39, 0.29) is 5.97 Å². The number of hydrogen-bond acceptors (Lipinski definition) is 6. The van der Waals surface area contributed by atoms with Crippen LogP contribution in [-0.2, 0) is 17.7 Å². The maximum Gasteiger partial charge on any atom is 0.337 e. The highest BCUT2D eigenvalue weighted by Crippen LogP contribution is 2.32. The zero-order valence-corrected chi connectivity index (χ0v) is 15.5. The number of ether oxygens (including phenoxy) is 1. The van der Waals surface area contributed by atoms with Gasteiger partial charge >= 0.3 is 5.97 Å². The molecule has 7 heteroatoms. The van der Waals surface area contributed by atoms with Crippen molar-refractivity contribution in [1.82, 2.24) is 15.2 Å². The molecule has 4 rings (SSSR count). The lowest BCUT2D eigenvalue weighted by Crippen LogP contribution is -2.32. The van der Waals surface area contributed by atoms with Crippen molar-refractivity contribution in [2.75, 3.05) is 18.6 Å². The van der Waals surface area contributed by atoms with Gasteiger partial charge in [-0.15, -0.1) is 5.10 Å². The number of esters is 1. The Kier molecular flexibility index (Phi) is 4.04. The van der Waals surface area contributed by atoms with Crippen LogP contribution in [0.5, 0.6) is 0 Å². The number of carbonyl (C=O) groups is 1. The maximum atomic E-state index is 11.9. The molecule has 27 heavy (non-hydrogen) atoms. The lowest BCUT2D eigenvalue weighted by molar-refractivity contribution is 0.0601. The van der Waals surface area contributed by atoms with Gasteiger partial charge in [0.05, 0.1) is 18.4 Å². The molecule has 0 spiro atoms. The van der Waals surface area contributed by atoms with Crippen molar-refractivity contribution >= 4 is 22.7 Å². The Labute approximate surface area is 156 Å². The zero-order valence-electron chi connectivity index (χ0n) is 15.5. The van der Waals surface area contributed by atoms with Gasteiger partial charge in [0, 0.05) is 41.7 Å². The predicted octanol–water partition coefficient (Wildman–Crippen LogP) is 2.80. The first-order valence-electron chi connectivity index (χ1n) is 8.74. The second-order valence-corrected chi connectivity index (χ2v) is 6.73. The Bertz CT molecular complexity index is 1110. The van der Waals surface area contributed by atoms with E-state index < -0.39 is 0 Å². The quantitative estimate of drug-likeness (QED) is 0.705. The van der Waals surface area contributed by atoms with Gasteiger partial charge in [0.15, 0.2) is 5.82 Å². The Balaban J connectivity index is 1.78. The number of rotatable bonds is 2. The van der Waals surface area contributed by atoms with Crippen molar-refractivity contribution in [2.45, 2.75) is 26.8 Å². The van der Waals surface area contributed by atoms with Crippen LogP contribution in [0.1, 0.15) is 38.4 Å². The lowest BCUT2D eigenvalue weighted by Gasteiger charge is -2.29. The van der Waals surface area contributed by atoms with E-state index in [1.807, 2.05) is 26.0 Å². The van der Waals surface area contributed by atoms with E-state index in [0.717, 1.165) is 46.4 Å². The minimum Gasteiger partial charge on any atom is -0.465 e. The number of anilines is 1. The third kappa shape index (κ3) is 2.70. The van der Waals surface area contributed by atoms with Crippen molar-refractivity contribution in [3.05, 3.63) is 51.8 Å². The fraction of sp³-hybridized carbons (Fsp3) is 0.300. The van der Waals surface area contributed by atoms with E-state index >= 15 is 0 Å². The van der Waals surface area contributed by atoms with Gasteiger partial charge in [0.1, 0.15) is 11.6 Å². The van der Waals surface area contributed by atoms with Gasteiger partial charge in [-0.05, 0) is 37.6 Å². The van der Waals surface area contributed by atoms with E-state index in [1.54, 1.807) is 6.07 Å². The molecular weight excluding hydrogens is 342 g/mol. The first-order valence-corrected chi connectivity index (χ1v) is 8.74. The largest absolute Gasteiger partial charge is 0.465 e. The van der Waals surface area contributed by atoms with Crippen LogP contribution in [0.25, 0.3) is 10.9 Å². The molecule has 136 valence electrons. The summed E-state index contributed by atoms with van der Waals surface area (Å²) < 4.78 is 4.84. The zero-order chi connectivity index (χ0) is 19.1. The molecule has 7 nitrogen and oxygen atoms in total. The average Bonchev–Trinajstić information content (AvgIpc) is 3.06. The molecule has 0 fully saturated rings. The number of methoxy groups -OCH3 is 1. The van der Waals surface area contributed by atoms with E-state index in [0.29, 0.717) is 23.5 Å². The Hall–Kier alpha value is -3.40. The van der Waals surface area contributed by atoms with Gasteiger partial charge in [-0.25, -0.2) is 4.79 Å². The number of nitrogens with zero attached hydrogens (tertiary/aromatic N) is 4. The number of fused-ring (bicyclic) bond motifs is 3. The molecule has 0 saturated heterocycles. The summed E-state index contributed by atoms with van der Waals surface area (Å²) in [7, 11) is 1.38. The van der Waals surface area contributed by atoms with E-state index in [9.17, 15) is 10.1 Å². The van der Waals surface area contributed by atoms with Gasteiger partial charge in [0.25, 0.3) is 0 Å². The van der Waals surface area contributed by atoms with Crippen LogP contribution < -0.4 is 4.90 Å². The first kappa shape index (κ1) is 17.0. The average molecular weight is 361 g/mol. The van der Waals surface area contributed by atoms with Crippen molar-refractivity contribution in [2.24, 2.45) is 0 Å². The van der Waals surface area contributed by atoms with Crippen molar-refractivity contribution in [1.29, 1.82) is 5.26 Å². The van der Waals surface area contributed by atoms with Crippen LogP contribution in [0.4, 0.5) is 5.82 Å². The second-order valence-electron chi connectivity index (χ2n) is 6.73. The van der Waals surface area contributed by atoms with Crippen molar-refractivity contribution < 1.29 is 9.53 Å². The van der Waals surface area contributed by atoms with Crippen LogP contribution in [0, 0.1) is 25.2 Å². The summed E-state index contributed by atoms with van der Waals surface area (Å²) in [6, 6.07) is 7.80. The normalized spacial score (nSPS) is 13.3. The molecule has 0 bridgehead atoms. The summed E-state index contributed by atoms with van der Waals surface area (Å²) in [5.74, 6) is 0.260. The number of nitrogens with one attached hydrogen (secondary N) is 1. The summed E-state index contributed by atoms with van der Waals surface area (Å²) >= 11 is 0. The first-order chi connectivity index (χ1) is 13.0. The summed E-state index contributed by atoms with van der Waals surface area (Å²) in [4.78, 5) is 17.4. The molecule has 3 heterocycles. The smallest absolute Gasteiger partial charge is 0.337 e. The summed E-state index contributed by atoms with van der Waals surface area (Å²) in [6.45, 7) is 5.10. The van der Waals surface area contributed by atoms with Gasteiger partial charge < -0.3 is 14.6 Å². The Morgan fingerprint density at radius 2 is 2.15 bits per heavy atom. The number of H-pyrrole nitrogens is 1. The van der Waals surface area contributed by atoms with Gasteiger partial charge in [0.2, 0.25) is 0 Å². The Morgan fingerprint density at radius 1 is 1.33 bits per heavy atom. The molecule has 0 saturated carbocycles.